The molecule has 1 amide bonds. The molecule has 130 valence electrons. The van der Waals surface area contributed by atoms with Crippen molar-refractivity contribution < 1.29 is 4.79 Å². The maximum absolute atomic E-state index is 12.5. The third kappa shape index (κ3) is 2.84. The summed E-state index contributed by atoms with van der Waals surface area (Å²) >= 11 is 1.74. The number of pyridine rings is 2. The second-order valence-corrected chi connectivity index (χ2v) is 7.54. The van der Waals surface area contributed by atoms with Gasteiger partial charge in [-0.05, 0) is 61.7 Å². The Hall–Kier alpha value is -2.79. The fourth-order valence-electron chi connectivity index (χ4n) is 3.28. The number of anilines is 1. The van der Waals surface area contributed by atoms with Crippen molar-refractivity contribution in [2.24, 2.45) is 0 Å². The molecule has 0 bridgehead atoms. The lowest BCUT2D eigenvalue weighted by molar-refractivity contribution is -0.110. The summed E-state index contributed by atoms with van der Waals surface area (Å²) in [4.78, 5) is 23.7. The molecule has 0 saturated heterocycles. The second-order valence-electron chi connectivity index (χ2n) is 6.37. The van der Waals surface area contributed by atoms with Crippen LogP contribution in [0.1, 0.15) is 33.5 Å². The fourth-order valence-corrected chi connectivity index (χ4v) is 4.34. The molecule has 3 aromatic heterocycles. The van der Waals surface area contributed by atoms with Crippen molar-refractivity contribution in [2.45, 2.75) is 27.2 Å². The molecule has 1 aliphatic heterocycles. The SMILES string of the molecule is CCc1sc(C=C2C(=O)Nc3nc(C)c(-c4ccncc4)cc32)cc1C. The van der Waals surface area contributed by atoms with E-state index in [9.17, 15) is 4.79 Å². The number of nitrogens with zero attached hydrogens (tertiary/aromatic N) is 2. The van der Waals surface area contributed by atoms with Gasteiger partial charge in [0.1, 0.15) is 5.82 Å². The summed E-state index contributed by atoms with van der Waals surface area (Å²) in [6.45, 7) is 6.23. The van der Waals surface area contributed by atoms with Crippen LogP contribution in [0.4, 0.5) is 5.82 Å². The van der Waals surface area contributed by atoms with Gasteiger partial charge in [-0.15, -0.1) is 11.3 Å². The third-order valence-electron chi connectivity index (χ3n) is 4.62. The molecule has 0 aliphatic carbocycles. The highest BCUT2D eigenvalue weighted by Gasteiger charge is 2.27. The van der Waals surface area contributed by atoms with Crippen LogP contribution < -0.4 is 5.32 Å². The summed E-state index contributed by atoms with van der Waals surface area (Å²) in [7, 11) is 0. The molecule has 5 heteroatoms. The first kappa shape index (κ1) is 16.7. The number of rotatable bonds is 3. The van der Waals surface area contributed by atoms with E-state index in [4.69, 9.17) is 0 Å². The lowest BCUT2D eigenvalue weighted by atomic mass is 10.0. The molecule has 0 atom stereocenters. The summed E-state index contributed by atoms with van der Waals surface area (Å²) in [5.74, 6) is 0.545. The molecule has 3 aromatic rings. The van der Waals surface area contributed by atoms with Gasteiger partial charge in [-0.2, -0.15) is 0 Å². The first-order valence-electron chi connectivity index (χ1n) is 8.61. The summed E-state index contributed by atoms with van der Waals surface area (Å²) in [5, 5.41) is 2.90. The average Bonchev–Trinajstić information content (AvgIpc) is 3.14. The molecular weight excluding hydrogens is 342 g/mol. The molecule has 26 heavy (non-hydrogen) atoms. The van der Waals surface area contributed by atoms with Gasteiger partial charge in [0.25, 0.3) is 5.91 Å². The summed E-state index contributed by atoms with van der Waals surface area (Å²) in [6.07, 6.45) is 6.52. The number of nitrogens with one attached hydrogen (secondary N) is 1. The van der Waals surface area contributed by atoms with Crippen LogP contribution in [0.3, 0.4) is 0 Å². The van der Waals surface area contributed by atoms with E-state index in [1.54, 1.807) is 23.7 Å². The van der Waals surface area contributed by atoms with Crippen LogP contribution in [0.2, 0.25) is 0 Å². The Morgan fingerprint density at radius 3 is 2.62 bits per heavy atom. The highest BCUT2D eigenvalue weighted by Crippen LogP contribution is 2.37. The molecule has 0 unspecified atom stereocenters. The molecular formula is C21H19N3OS. The van der Waals surface area contributed by atoms with E-state index in [2.05, 4.69) is 41.3 Å². The Morgan fingerprint density at radius 2 is 1.92 bits per heavy atom. The molecule has 0 aromatic carbocycles. The number of thiophene rings is 1. The third-order valence-corrected chi connectivity index (χ3v) is 5.95. The molecule has 4 heterocycles. The minimum absolute atomic E-state index is 0.0946. The van der Waals surface area contributed by atoms with Gasteiger partial charge < -0.3 is 5.32 Å². The molecule has 0 spiro atoms. The average molecular weight is 361 g/mol. The zero-order valence-corrected chi connectivity index (χ0v) is 15.8. The topological polar surface area (TPSA) is 54.9 Å². The van der Waals surface area contributed by atoms with Crippen molar-refractivity contribution in [3.05, 3.63) is 63.2 Å². The highest BCUT2D eigenvalue weighted by atomic mass is 32.1. The second kappa shape index (κ2) is 6.50. The molecule has 4 rings (SSSR count). The lowest BCUT2D eigenvalue weighted by Gasteiger charge is -2.08. The van der Waals surface area contributed by atoms with Crippen LogP contribution in [-0.2, 0) is 11.2 Å². The maximum Gasteiger partial charge on any atom is 0.257 e. The standard InChI is InChI=1S/C21H19N3OS/c1-4-19-12(2)9-15(26-19)10-18-17-11-16(14-5-7-22-8-6-14)13(3)23-20(17)24-21(18)25/h5-11H,4H2,1-3H3,(H,23,24,25). The van der Waals surface area contributed by atoms with Crippen LogP contribution in [0.15, 0.2) is 36.7 Å². The Kier molecular flexibility index (Phi) is 4.17. The minimum Gasteiger partial charge on any atom is -0.306 e. The Morgan fingerprint density at radius 1 is 1.15 bits per heavy atom. The fraction of sp³-hybridized carbons (Fsp3) is 0.190. The first-order chi connectivity index (χ1) is 12.6. The van der Waals surface area contributed by atoms with Gasteiger partial charge in [0.2, 0.25) is 0 Å². The van der Waals surface area contributed by atoms with Gasteiger partial charge >= 0.3 is 0 Å². The number of amides is 1. The van der Waals surface area contributed by atoms with Gasteiger partial charge in [0.15, 0.2) is 0 Å². The largest absolute Gasteiger partial charge is 0.306 e. The zero-order chi connectivity index (χ0) is 18.3. The van der Waals surface area contributed by atoms with E-state index in [1.165, 1.54) is 10.4 Å². The highest BCUT2D eigenvalue weighted by molar-refractivity contribution is 7.13. The van der Waals surface area contributed by atoms with E-state index in [-0.39, 0.29) is 5.91 Å². The van der Waals surface area contributed by atoms with Crippen molar-refractivity contribution in [1.82, 2.24) is 9.97 Å². The Bertz CT molecular complexity index is 1030. The van der Waals surface area contributed by atoms with Crippen molar-refractivity contribution in [2.75, 3.05) is 5.32 Å². The predicted molar refractivity (Wildman–Crippen MR) is 107 cm³/mol. The van der Waals surface area contributed by atoms with Gasteiger partial charge in [-0.3, -0.25) is 9.78 Å². The van der Waals surface area contributed by atoms with Gasteiger partial charge in [-0.1, -0.05) is 6.92 Å². The maximum atomic E-state index is 12.5. The summed E-state index contributed by atoms with van der Waals surface area (Å²) < 4.78 is 0. The predicted octanol–water partition coefficient (Wildman–Crippen LogP) is 4.88. The van der Waals surface area contributed by atoms with Crippen molar-refractivity contribution >= 4 is 34.7 Å². The van der Waals surface area contributed by atoms with E-state index in [0.29, 0.717) is 11.4 Å². The molecule has 4 nitrogen and oxygen atoms in total. The van der Waals surface area contributed by atoms with Crippen LogP contribution >= 0.6 is 11.3 Å². The monoisotopic (exact) mass is 361 g/mol. The first-order valence-corrected chi connectivity index (χ1v) is 9.43. The van der Waals surface area contributed by atoms with Crippen molar-refractivity contribution in [1.29, 1.82) is 0 Å². The normalized spacial score (nSPS) is 14.6. The van der Waals surface area contributed by atoms with Gasteiger partial charge in [-0.25, -0.2) is 4.98 Å². The summed E-state index contributed by atoms with van der Waals surface area (Å²) in [6, 6.07) is 8.12. The van der Waals surface area contributed by atoms with Crippen molar-refractivity contribution in [3.8, 4) is 11.1 Å². The number of hydrogen-bond acceptors (Lipinski definition) is 4. The van der Waals surface area contributed by atoms with Gasteiger partial charge in [0.05, 0.1) is 5.57 Å². The van der Waals surface area contributed by atoms with Crippen LogP contribution in [0.5, 0.6) is 0 Å². The molecule has 0 radical (unpaired) electrons. The van der Waals surface area contributed by atoms with Crippen LogP contribution in [-0.4, -0.2) is 15.9 Å². The van der Waals surface area contributed by atoms with E-state index in [1.807, 2.05) is 25.1 Å². The molecule has 1 N–H and O–H groups in total. The number of hydrogen-bond donors (Lipinski definition) is 1. The lowest BCUT2D eigenvalue weighted by Crippen LogP contribution is -2.04. The quantitative estimate of drug-likeness (QED) is 0.677. The molecule has 0 saturated carbocycles. The Balaban J connectivity index is 1.83. The number of carbonyl (C=O) groups is 1. The minimum atomic E-state index is -0.0946. The van der Waals surface area contributed by atoms with Gasteiger partial charge in [0, 0.05) is 39.0 Å². The number of fused-ring (bicyclic) bond motifs is 1. The van der Waals surface area contributed by atoms with Crippen LogP contribution in [0.25, 0.3) is 22.8 Å². The smallest absolute Gasteiger partial charge is 0.257 e. The van der Waals surface area contributed by atoms with Crippen molar-refractivity contribution in [3.63, 3.8) is 0 Å². The van der Waals surface area contributed by atoms with E-state index in [0.717, 1.165) is 33.7 Å². The summed E-state index contributed by atoms with van der Waals surface area (Å²) in [5.41, 5.74) is 5.76. The van der Waals surface area contributed by atoms with E-state index >= 15 is 0 Å². The number of aromatic nitrogens is 2. The Labute approximate surface area is 156 Å². The number of aryl methyl sites for hydroxylation is 3. The van der Waals surface area contributed by atoms with Crippen LogP contribution in [0, 0.1) is 13.8 Å². The molecule has 0 fully saturated rings. The number of carbonyl (C=O) groups excluding carboxylic acids is 1. The molecule has 1 aliphatic rings. The zero-order valence-electron chi connectivity index (χ0n) is 15.0. The van der Waals surface area contributed by atoms with E-state index < -0.39 is 0 Å².